The van der Waals surface area contributed by atoms with Crippen molar-refractivity contribution in [1.82, 2.24) is 5.32 Å². The number of amides is 1. The van der Waals surface area contributed by atoms with Crippen LogP contribution in [-0.4, -0.2) is 29.1 Å². The van der Waals surface area contributed by atoms with Crippen LogP contribution in [0.25, 0.3) is 0 Å². The van der Waals surface area contributed by atoms with E-state index in [0.29, 0.717) is 0 Å². The Kier molecular flexibility index (Phi) is 5.13. The molecule has 0 spiro atoms. The summed E-state index contributed by atoms with van der Waals surface area (Å²) >= 11 is 0. The van der Waals surface area contributed by atoms with E-state index >= 15 is 0 Å². The van der Waals surface area contributed by atoms with E-state index in [2.05, 4.69) is 5.32 Å². The number of rotatable bonds is 6. The summed E-state index contributed by atoms with van der Waals surface area (Å²) in [4.78, 5) is 22.6. The Labute approximate surface area is 118 Å². The topological polar surface area (TPSA) is 75.6 Å². The van der Waals surface area contributed by atoms with Gasteiger partial charge in [-0.05, 0) is 38.8 Å². The third-order valence-electron chi connectivity index (χ3n) is 2.97. The first-order valence-corrected chi connectivity index (χ1v) is 6.47. The first-order chi connectivity index (χ1) is 9.24. The zero-order chi connectivity index (χ0) is 15.3. The van der Waals surface area contributed by atoms with Gasteiger partial charge in [0.05, 0.1) is 13.0 Å². The second kappa shape index (κ2) is 6.41. The number of benzene rings is 1. The first-order valence-electron chi connectivity index (χ1n) is 6.47. The Morgan fingerprint density at radius 2 is 1.80 bits per heavy atom. The fourth-order valence-electron chi connectivity index (χ4n) is 1.74. The molecule has 0 aliphatic rings. The van der Waals surface area contributed by atoms with Crippen molar-refractivity contribution >= 4 is 11.9 Å². The molecule has 0 aliphatic heterocycles. The normalized spacial score (nSPS) is 11.0. The summed E-state index contributed by atoms with van der Waals surface area (Å²) in [7, 11) is 0. The Morgan fingerprint density at radius 3 is 2.30 bits per heavy atom. The molecule has 0 fully saturated rings. The second-order valence-corrected chi connectivity index (χ2v) is 5.30. The van der Waals surface area contributed by atoms with Crippen molar-refractivity contribution in [3.8, 4) is 5.75 Å². The fourth-order valence-corrected chi connectivity index (χ4v) is 1.74. The van der Waals surface area contributed by atoms with E-state index in [4.69, 9.17) is 9.84 Å². The molecule has 0 aliphatic carbocycles. The van der Waals surface area contributed by atoms with Crippen LogP contribution in [-0.2, 0) is 9.59 Å². The molecule has 20 heavy (non-hydrogen) atoms. The third-order valence-corrected chi connectivity index (χ3v) is 2.97. The van der Waals surface area contributed by atoms with Gasteiger partial charge in [-0.15, -0.1) is 0 Å². The van der Waals surface area contributed by atoms with E-state index in [9.17, 15) is 9.59 Å². The van der Waals surface area contributed by atoms with Crippen molar-refractivity contribution in [3.63, 3.8) is 0 Å². The van der Waals surface area contributed by atoms with Gasteiger partial charge in [0.15, 0.2) is 0 Å². The van der Waals surface area contributed by atoms with Crippen LogP contribution in [0.1, 0.15) is 31.4 Å². The molecule has 0 atom stereocenters. The van der Waals surface area contributed by atoms with Gasteiger partial charge in [0.2, 0.25) is 5.91 Å². The van der Waals surface area contributed by atoms with Crippen LogP contribution in [0.15, 0.2) is 18.2 Å². The molecule has 5 heteroatoms. The van der Waals surface area contributed by atoms with Gasteiger partial charge in [0.1, 0.15) is 11.3 Å². The predicted molar refractivity (Wildman–Crippen MR) is 75.9 cm³/mol. The van der Waals surface area contributed by atoms with E-state index in [-0.39, 0.29) is 18.9 Å². The highest BCUT2D eigenvalue weighted by molar-refractivity contribution is 5.86. The summed E-state index contributed by atoms with van der Waals surface area (Å²) in [6.45, 7) is 6.98. The maximum atomic E-state index is 11.7. The smallest absolute Gasteiger partial charge is 0.328 e. The summed E-state index contributed by atoms with van der Waals surface area (Å²) in [6, 6.07) is 5.82. The molecular weight excluding hydrogens is 258 g/mol. The number of hydrogen-bond acceptors (Lipinski definition) is 3. The highest BCUT2D eigenvalue weighted by Gasteiger charge is 2.28. The molecule has 0 bridgehead atoms. The average Bonchev–Trinajstić information content (AvgIpc) is 2.32. The number of hydrogen-bond donors (Lipinski definition) is 2. The van der Waals surface area contributed by atoms with E-state index in [1.165, 1.54) is 13.8 Å². The summed E-state index contributed by atoms with van der Waals surface area (Å²) in [5.41, 5.74) is 0.753. The Bertz CT molecular complexity index is 488. The molecule has 0 radical (unpaired) electrons. The van der Waals surface area contributed by atoms with E-state index in [0.717, 1.165) is 16.9 Å². The van der Waals surface area contributed by atoms with Crippen molar-refractivity contribution in [1.29, 1.82) is 0 Å². The maximum Gasteiger partial charge on any atom is 0.328 e. The van der Waals surface area contributed by atoms with E-state index < -0.39 is 11.5 Å². The van der Waals surface area contributed by atoms with Crippen LogP contribution in [0.3, 0.4) is 0 Å². The molecular formula is C15H21NO4. The van der Waals surface area contributed by atoms with Crippen LogP contribution < -0.4 is 10.1 Å². The lowest BCUT2D eigenvalue weighted by Crippen LogP contribution is -2.49. The Balaban J connectivity index is 2.49. The number of carbonyl (C=O) groups is 2. The number of carboxylic acid groups (broad SMARTS) is 1. The minimum atomic E-state index is -1.27. The third kappa shape index (κ3) is 4.26. The number of aryl methyl sites for hydroxylation is 2. The van der Waals surface area contributed by atoms with Gasteiger partial charge in [-0.3, -0.25) is 4.79 Å². The Hall–Kier alpha value is -2.04. The molecule has 1 aromatic rings. The zero-order valence-electron chi connectivity index (χ0n) is 12.3. The molecule has 5 nitrogen and oxygen atoms in total. The highest BCUT2D eigenvalue weighted by Crippen LogP contribution is 2.22. The zero-order valence-corrected chi connectivity index (χ0v) is 12.3. The number of aliphatic carboxylic acids is 1. The lowest BCUT2D eigenvalue weighted by molar-refractivity contribution is -0.146. The van der Waals surface area contributed by atoms with E-state index in [1.54, 1.807) is 0 Å². The van der Waals surface area contributed by atoms with Crippen molar-refractivity contribution in [2.45, 2.75) is 39.7 Å². The molecule has 0 saturated heterocycles. The number of carboxylic acids is 1. The van der Waals surface area contributed by atoms with Crippen LogP contribution in [0.2, 0.25) is 0 Å². The maximum absolute atomic E-state index is 11.7. The van der Waals surface area contributed by atoms with Gasteiger partial charge in [-0.25, -0.2) is 4.79 Å². The van der Waals surface area contributed by atoms with Gasteiger partial charge in [0, 0.05) is 0 Å². The Morgan fingerprint density at radius 1 is 1.25 bits per heavy atom. The minimum Gasteiger partial charge on any atom is -0.493 e. The van der Waals surface area contributed by atoms with Gasteiger partial charge in [-0.2, -0.15) is 0 Å². The van der Waals surface area contributed by atoms with Gasteiger partial charge >= 0.3 is 5.97 Å². The summed E-state index contributed by atoms with van der Waals surface area (Å²) in [6.07, 6.45) is 0.116. The summed E-state index contributed by atoms with van der Waals surface area (Å²) in [5, 5.41) is 11.4. The van der Waals surface area contributed by atoms with Crippen molar-refractivity contribution in [3.05, 3.63) is 29.3 Å². The number of carbonyl (C=O) groups excluding carboxylic acids is 1. The van der Waals surface area contributed by atoms with Crippen LogP contribution >= 0.6 is 0 Å². The van der Waals surface area contributed by atoms with Gasteiger partial charge in [-0.1, -0.05) is 18.2 Å². The molecule has 1 amide bonds. The monoisotopic (exact) mass is 279 g/mol. The predicted octanol–water partition coefficient (Wildman–Crippen LogP) is 2.05. The molecule has 0 unspecified atom stereocenters. The number of ether oxygens (including phenoxy) is 1. The summed E-state index contributed by atoms with van der Waals surface area (Å²) < 4.78 is 5.60. The molecule has 1 rings (SSSR count). The SMILES string of the molecule is Cc1cccc(C)c1OCCC(=O)NC(C)(C)C(=O)O. The number of para-hydroxylation sites is 1. The van der Waals surface area contributed by atoms with Gasteiger partial charge in [0.25, 0.3) is 0 Å². The highest BCUT2D eigenvalue weighted by atomic mass is 16.5. The van der Waals surface area contributed by atoms with Crippen LogP contribution in [0.4, 0.5) is 0 Å². The van der Waals surface area contributed by atoms with Crippen molar-refractivity contribution in [2.75, 3.05) is 6.61 Å². The molecule has 0 heterocycles. The molecule has 2 N–H and O–H groups in total. The van der Waals surface area contributed by atoms with Crippen molar-refractivity contribution in [2.24, 2.45) is 0 Å². The minimum absolute atomic E-state index is 0.116. The quantitative estimate of drug-likeness (QED) is 0.835. The lowest BCUT2D eigenvalue weighted by atomic mass is 10.1. The largest absolute Gasteiger partial charge is 0.493 e. The standard InChI is InChI=1S/C15H21NO4/c1-10-6-5-7-11(2)13(10)20-9-8-12(17)16-15(3,4)14(18)19/h5-7H,8-9H2,1-4H3,(H,16,17)(H,18,19). The van der Waals surface area contributed by atoms with Crippen molar-refractivity contribution < 1.29 is 19.4 Å². The number of nitrogens with one attached hydrogen (secondary N) is 1. The molecule has 110 valence electrons. The van der Waals surface area contributed by atoms with Crippen LogP contribution in [0.5, 0.6) is 5.75 Å². The van der Waals surface area contributed by atoms with Crippen LogP contribution in [0, 0.1) is 13.8 Å². The molecule has 0 saturated carbocycles. The molecule has 0 aromatic heterocycles. The summed E-state index contributed by atoms with van der Waals surface area (Å²) in [5.74, 6) is -0.636. The second-order valence-electron chi connectivity index (χ2n) is 5.30. The average molecular weight is 279 g/mol. The molecule has 1 aromatic carbocycles. The van der Waals surface area contributed by atoms with E-state index in [1.807, 2.05) is 32.0 Å². The first kappa shape index (κ1) is 16.0. The van der Waals surface area contributed by atoms with Gasteiger partial charge < -0.3 is 15.2 Å². The fraction of sp³-hybridized carbons (Fsp3) is 0.467. The lowest BCUT2D eigenvalue weighted by Gasteiger charge is -2.21.